The predicted molar refractivity (Wildman–Crippen MR) is 80.2 cm³/mol. The number of amides is 2. The lowest BCUT2D eigenvalue weighted by Crippen LogP contribution is -2.24. The molecule has 0 unspecified atom stereocenters. The van der Waals surface area contributed by atoms with Gasteiger partial charge in [0.1, 0.15) is 0 Å². The standard InChI is InChI=1S/C13H15ClN2O4S/c1-16-12(17)10-5-4-9(8-11(10)13(16)18)15-21(19,20)7-3-2-6-14/h4-5,8,15H,2-3,6-7H2,1H3. The topological polar surface area (TPSA) is 83.6 Å². The van der Waals surface area contributed by atoms with Crippen molar-refractivity contribution in [1.29, 1.82) is 0 Å². The van der Waals surface area contributed by atoms with E-state index in [1.54, 1.807) is 0 Å². The Morgan fingerprint density at radius 2 is 1.81 bits per heavy atom. The Hall–Kier alpha value is -1.60. The van der Waals surface area contributed by atoms with Gasteiger partial charge in [-0.15, -0.1) is 11.6 Å². The number of alkyl halides is 1. The van der Waals surface area contributed by atoms with Crippen molar-refractivity contribution in [3.05, 3.63) is 29.3 Å². The molecular formula is C13H15ClN2O4S. The molecule has 0 spiro atoms. The highest BCUT2D eigenvalue weighted by Crippen LogP contribution is 2.25. The van der Waals surface area contributed by atoms with Crippen molar-refractivity contribution in [2.75, 3.05) is 23.4 Å². The zero-order chi connectivity index (χ0) is 15.6. The number of rotatable bonds is 6. The van der Waals surface area contributed by atoms with Gasteiger partial charge in [-0.25, -0.2) is 8.42 Å². The number of fused-ring (bicyclic) bond motifs is 1. The molecular weight excluding hydrogens is 316 g/mol. The second-order valence-corrected chi connectivity index (χ2v) is 6.97. The van der Waals surface area contributed by atoms with Crippen LogP contribution in [0.25, 0.3) is 0 Å². The van der Waals surface area contributed by atoms with E-state index in [1.807, 2.05) is 0 Å². The minimum Gasteiger partial charge on any atom is -0.284 e. The van der Waals surface area contributed by atoms with E-state index in [1.165, 1.54) is 25.2 Å². The maximum Gasteiger partial charge on any atom is 0.261 e. The minimum absolute atomic E-state index is 0.0381. The maximum absolute atomic E-state index is 11.9. The van der Waals surface area contributed by atoms with Crippen LogP contribution in [0.3, 0.4) is 0 Å². The Labute approximate surface area is 128 Å². The van der Waals surface area contributed by atoms with Crippen LogP contribution in [0.1, 0.15) is 33.6 Å². The third-order valence-electron chi connectivity index (χ3n) is 3.16. The highest BCUT2D eigenvalue weighted by atomic mass is 35.5. The van der Waals surface area contributed by atoms with E-state index >= 15 is 0 Å². The van der Waals surface area contributed by atoms with E-state index < -0.39 is 15.9 Å². The SMILES string of the molecule is CN1C(=O)c2ccc(NS(=O)(=O)CCCCCl)cc2C1=O. The van der Waals surface area contributed by atoms with E-state index in [0.29, 0.717) is 18.7 Å². The number of carbonyl (C=O) groups excluding carboxylic acids is 2. The Morgan fingerprint density at radius 1 is 1.14 bits per heavy atom. The van der Waals surface area contributed by atoms with Crippen LogP contribution >= 0.6 is 11.6 Å². The molecule has 0 fully saturated rings. The molecule has 2 rings (SSSR count). The molecule has 6 nitrogen and oxygen atoms in total. The third-order valence-corrected chi connectivity index (χ3v) is 4.80. The average Bonchev–Trinajstić information content (AvgIpc) is 2.63. The summed E-state index contributed by atoms with van der Waals surface area (Å²) in [4.78, 5) is 24.6. The van der Waals surface area contributed by atoms with Gasteiger partial charge in [0.25, 0.3) is 11.8 Å². The van der Waals surface area contributed by atoms with E-state index in [4.69, 9.17) is 11.6 Å². The number of hydrogen-bond acceptors (Lipinski definition) is 4. The molecule has 0 aromatic heterocycles. The second kappa shape index (κ2) is 6.03. The number of unbranched alkanes of at least 4 members (excludes halogenated alkanes) is 1. The third kappa shape index (κ3) is 3.36. The molecule has 2 amide bonds. The quantitative estimate of drug-likeness (QED) is 0.488. The summed E-state index contributed by atoms with van der Waals surface area (Å²) in [6.45, 7) is 0. The number of carbonyl (C=O) groups is 2. The number of hydrogen-bond donors (Lipinski definition) is 1. The highest BCUT2D eigenvalue weighted by molar-refractivity contribution is 7.92. The summed E-state index contributed by atoms with van der Waals surface area (Å²) >= 11 is 5.51. The van der Waals surface area contributed by atoms with Gasteiger partial charge in [-0.05, 0) is 31.0 Å². The average molecular weight is 331 g/mol. The van der Waals surface area contributed by atoms with Crippen LogP contribution in [-0.2, 0) is 10.0 Å². The molecule has 1 N–H and O–H groups in total. The summed E-state index contributed by atoms with van der Waals surface area (Å²) in [5.74, 6) is -0.439. The number of anilines is 1. The van der Waals surface area contributed by atoms with Gasteiger partial charge >= 0.3 is 0 Å². The van der Waals surface area contributed by atoms with Gasteiger partial charge in [0, 0.05) is 18.6 Å². The number of halogens is 1. The van der Waals surface area contributed by atoms with Gasteiger partial charge in [0.2, 0.25) is 10.0 Å². The number of benzene rings is 1. The first-order valence-corrected chi connectivity index (χ1v) is 8.57. The Kier molecular flexibility index (Phi) is 4.53. The van der Waals surface area contributed by atoms with Crippen molar-refractivity contribution in [1.82, 2.24) is 4.90 Å². The number of imide groups is 1. The predicted octanol–water partition coefficient (Wildman–Crippen LogP) is 1.67. The summed E-state index contributed by atoms with van der Waals surface area (Å²) in [6, 6.07) is 4.32. The monoisotopic (exact) mass is 330 g/mol. The fraction of sp³-hybridized carbons (Fsp3) is 0.385. The molecule has 0 aliphatic carbocycles. The molecule has 0 radical (unpaired) electrons. The van der Waals surface area contributed by atoms with Gasteiger partial charge in [-0.3, -0.25) is 19.2 Å². The minimum atomic E-state index is -3.49. The van der Waals surface area contributed by atoms with Crippen molar-refractivity contribution < 1.29 is 18.0 Å². The van der Waals surface area contributed by atoms with Crippen LogP contribution in [0, 0.1) is 0 Å². The molecule has 1 aliphatic rings. The molecule has 0 saturated heterocycles. The summed E-state index contributed by atoms with van der Waals surface area (Å²) in [6.07, 6.45) is 1.08. The Balaban J connectivity index is 2.17. The zero-order valence-electron chi connectivity index (χ0n) is 11.4. The Bertz CT molecular complexity index is 687. The molecule has 0 atom stereocenters. The second-order valence-electron chi connectivity index (χ2n) is 4.75. The fourth-order valence-corrected chi connectivity index (χ4v) is 3.40. The molecule has 114 valence electrons. The molecule has 21 heavy (non-hydrogen) atoms. The molecule has 1 aromatic rings. The fourth-order valence-electron chi connectivity index (χ4n) is 2.04. The van der Waals surface area contributed by atoms with Crippen LogP contribution < -0.4 is 4.72 Å². The summed E-state index contributed by atoms with van der Waals surface area (Å²) in [5, 5.41) is 0. The van der Waals surface area contributed by atoms with Gasteiger partial charge < -0.3 is 0 Å². The van der Waals surface area contributed by atoms with Crippen molar-refractivity contribution >= 4 is 39.1 Å². The smallest absolute Gasteiger partial charge is 0.261 e. The first-order valence-electron chi connectivity index (χ1n) is 6.38. The van der Waals surface area contributed by atoms with Crippen molar-refractivity contribution in [3.63, 3.8) is 0 Å². The van der Waals surface area contributed by atoms with E-state index in [9.17, 15) is 18.0 Å². The Morgan fingerprint density at radius 3 is 2.48 bits per heavy atom. The first-order chi connectivity index (χ1) is 9.85. The number of sulfonamides is 1. The van der Waals surface area contributed by atoms with E-state index in [-0.39, 0.29) is 28.5 Å². The van der Waals surface area contributed by atoms with E-state index in [0.717, 1.165) is 4.90 Å². The molecule has 1 aromatic carbocycles. The molecule has 1 aliphatic heterocycles. The van der Waals surface area contributed by atoms with Crippen molar-refractivity contribution in [2.24, 2.45) is 0 Å². The summed E-state index contributed by atoms with van der Waals surface area (Å²) < 4.78 is 26.1. The van der Waals surface area contributed by atoms with Crippen LogP contribution in [-0.4, -0.2) is 43.8 Å². The molecule has 1 heterocycles. The summed E-state index contributed by atoms with van der Waals surface area (Å²) in [5.41, 5.74) is 0.770. The number of nitrogens with one attached hydrogen (secondary N) is 1. The molecule has 0 bridgehead atoms. The van der Waals surface area contributed by atoms with Crippen LogP contribution in [0.5, 0.6) is 0 Å². The highest BCUT2D eigenvalue weighted by Gasteiger charge is 2.32. The van der Waals surface area contributed by atoms with Crippen LogP contribution in [0.15, 0.2) is 18.2 Å². The normalized spacial score (nSPS) is 14.5. The van der Waals surface area contributed by atoms with Crippen molar-refractivity contribution in [2.45, 2.75) is 12.8 Å². The van der Waals surface area contributed by atoms with Gasteiger partial charge in [-0.1, -0.05) is 0 Å². The number of nitrogens with zero attached hydrogens (tertiary/aromatic N) is 1. The largest absolute Gasteiger partial charge is 0.284 e. The zero-order valence-corrected chi connectivity index (χ0v) is 13.0. The van der Waals surface area contributed by atoms with Gasteiger partial charge in [0.05, 0.1) is 16.9 Å². The van der Waals surface area contributed by atoms with Crippen LogP contribution in [0.4, 0.5) is 5.69 Å². The van der Waals surface area contributed by atoms with Crippen LogP contribution in [0.2, 0.25) is 0 Å². The maximum atomic E-state index is 11.9. The summed E-state index contributed by atoms with van der Waals surface area (Å²) in [7, 11) is -2.10. The molecule has 0 saturated carbocycles. The molecule has 8 heteroatoms. The lowest BCUT2D eigenvalue weighted by atomic mass is 10.1. The van der Waals surface area contributed by atoms with Crippen molar-refractivity contribution in [3.8, 4) is 0 Å². The van der Waals surface area contributed by atoms with E-state index in [2.05, 4.69) is 4.72 Å². The van der Waals surface area contributed by atoms with Gasteiger partial charge in [0.15, 0.2) is 0 Å². The van der Waals surface area contributed by atoms with Gasteiger partial charge in [-0.2, -0.15) is 0 Å². The lowest BCUT2D eigenvalue weighted by Gasteiger charge is -2.08. The lowest BCUT2D eigenvalue weighted by molar-refractivity contribution is 0.0693. The first kappa shape index (κ1) is 15.8.